The zero-order chi connectivity index (χ0) is 23.3. The Morgan fingerprint density at radius 1 is 1.03 bits per heavy atom. The molecule has 0 saturated carbocycles. The van der Waals surface area contributed by atoms with E-state index in [-0.39, 0.29) is 17.6 Å². The minimum Gasteiger partial charge on any atom is -0.338 e. The SMILES string of the molecule is O=C(c1ccccc1Cn1ccnc1)N1CCCC(c2cccc(Cc3ccc(F)cc3)n2)C1. The largest absolute Gasteiger partial charge is 0.338 e. The number of aromatic nitrogens is 3. The highest BCUT2D eigenvalue weighted by atomic mass is 19.1. The Bertz CT molecular complexity index is 1250. The van der Waals surface area contributed by atoms with Crippen molar-refractivity contribution in [1.82, 2.24) is 19.4 Å². The van der Waals surface area contributed by atoms with Crippen molar-refractivity contribution in [3.8, 4) is 0 Å². The predicted molar refractivity (Wildman–Crippen MR) is 129 cm³/mol. The summed E-state index contributed by atoms with van der Waals surface area (Å²) >= 11 is 0. The fraction of sp³-hybridized carbons (Fsp3) is 0.250. The molecule has 4 aromatic rings. The molecular weight excluding hydrogens is 427 g/mol. The van der Waals surface area contributed by atoms with E-state index in [1.54, 1.807) is 24.7 Å². The van der Waals surface area contributed by atoms with Gasteiger partial charge in [0.15, 0.2) is 0 Å². The number of hydrogen-bond acceptors (Lipinski definition) is 3. The highest BCUT2D eigenvalue weighted by Gasteiger charge is 2.27. The van der Waals surface area contributed by atoms with Crippen molar-refractivity contribution in [2.75, 3.05) is 13.1 Å². The van der Waals surface area contributed by atoms with Gasteiger partial charge in [-0.2, -0.15) is 0 Å². The highest BCUT2D eigenvalue weighted by molar-refractivity contribution is 5.95. The molecule has 0 bridgehead atoms. The first-order valence-electron chi connectivity index (χ1n) is 11.7. The normalized spacial score (nSPS) is 15.9. The van der Waals surface area contributed by atoms with Crippen molar-refractivity contribution in [2.45, 2.75) is 31.7 Å². The fourth-order valence-electron chi connectivity index (χ4n) is 4.65. The molecule has 2 aromatic carbocycles. The van der Waals surface area contributed by atoms with Crippen LogP contribution in [0.3, 0.4) is 0 Å². The third-order valence-corrected chi connectivity index (χ3v) is 6.41. The average Bonchev–Trinajstić information content (AvgIpc) is 3.39. The molecule has 5 nitrogen and oxygen atoms in total. The second kappa shape index (κ2) is 10.00. The smallest absolute Gasteiger partial charge is 0.254 e. The lowest BCUT2D eigenvalue weighted by molar-refractivity contribution is 0.0704. The summed E-state index contributed by atoms with van der Waals surface area (Å²) in [4.78, 5) is 24.5. The summed E-state index contributed by atoms with van der Waals surface area (Å²) in [6.07, 6.45) is 8.03. The Balaban J connectivity index is 1.31. The second-order valence-electron chi connectivity index (χ2n) is 8.84. The summed E-state index contributed by atoms with van der Waals surface area (Å²) in [6, 6.07) is 20.5. The molecule has 1 aliphatic heterocycles. The van der Waals surface area contributed by atoms with Gasteiger partial charge in [0.1, 0.15) is 5.82 Å². The first-order valence-corrected chi connectivity index (χ1v) is 11.7. The minimum absolute atomic E-state index is 0.0721. The molecule has 172 valence electrons. The Morgan fingerprint density at radius 2 is 1.88 bits per heavy atom. The molecular formula is C28H27FN4O. The summed E-state index contributed by atoms with van der Waals surface area (Å²) in [6.45, 7) is 2.03. The first-order chi connectivity index (χ1) is 16.7. The van der Waals surface area contributed by atoms with E-state index in [1.165, 1.54) is 12.1 Å². The van der Waals surface area contributed by atoms with Crippen LogP contribution in [0.2, 0.25) is 0 Å². The van der Waals surface area contributed by atoms with Gasteiger partial charge in [0.2, 0.25) is 0 Å². The van der Waals surface area contributed by atoms with Crippen molar-refractivity contribution >= 4 is 5.91 Å². The Morgan fingerprint density at radius 3 is 2.71 bits per heavy atom. The predicted octanol–water partition coefficient (Wildman–Crippen LogP) is 5.08. The Labute approximate surface area is 198 Å². The number of rotatable bonds is 6. The molecule has 6 heteroatoms. The lowest BCUT2D eigenvalue weighted by Gasteiger charge is -2.33. The monoisotopic (exact) mass is 454 g/mol. The van der Waals surface area contributed by atoms with Crippen molar-refractivity contribution in [3.63, 3.8) is 0 Å². The number of carbonyl (C=O) groups excluding carboxylic acids is 1. The number of benzene rings is 2. The molecule has 34 heavy (non-hydrogen) atoms. The maximum Gasteiger partial charge on any atom is 0.254 e. The molecule has 1 amide bonds. The van der Waals surface area contributed by atoms with Crippen LogP contribution in [-0.2, 0) is 13.0 Å². The van der Waals surface area contributed by atoms with Crippen LogP contribution in [0, 0.1) is 5.82 Å². The molecule has 1 fully saturated rings. The molecule has 0 aliphatic carbocycles. The number of carbonyl (C=O) groups is 1. The molecule has 0 spiro atoms. The number of nitrogens with zero attached hydrogens (tertiary/aromatic N) is 4. The zero-order valence-electron chi connectivity index (χ0n) is 19.0. The van der Waals surface area contributed by atoms with Crippen molar-refractivity contribution in [3.05, 3.63) is 119 Å². The van der Waals surface area contributed by atoms with Crippen LogP contribution in [0.1, 0.15) is 51.6 Å². The molecule has 0 N–H and O–H groups in total. The fourth-order valence-corrected chi connectivity index (χ4v) is 4.65. The summed E-state index contributed by atoms with van der Waals surface area (Å²) in [7, 11) is 0. The third-order valence-electron chi connectivity index (χ3n) is 6.41. The van der Waals surface area contributed by atoms with Crippen molar-refractivity contribution in [2.24, 2.45) is 0 Å². The van der Waals surface area contributed by atoms with E-state index in [9.17, 15) is 9.18 Å². The number of imidazole rings is 1. The molecule has 0 radical (unpaired) electrons. The molecule has 1 atom stereocenters. The first kappa shape index (κ1) is 22.0. The van der Waals surface area contributed by atoms with Gasteiger partial charge in [-0.15, -0.1) is 0 Å². The number of hydrogen-bond donors (Lipinski definition) is 0. The van der Waals surface area contributed by atoms with Crippen LogP contribution >= 0.6 is 0 Å². The highest BCUT2D eigenvalue weighted by Crippen LogP contribution is 2.28. The molecule has 5 rings (SSSR count). The van der Waals surface area contributed by atoms with Crippen molar-refractivity contribution in [1.29, 1.82) is 0 Å². The van der Waals surface area contributed by atoms with E-state index in [1.807, 2.05) is 52.1 Å². The molecule has 1 saturated heterocycles. The van der Waals surface area contributed by atoms with Crippen LogP contribution in [0.5, 0.6) is 0 Å². The summed E-state index contributed by atoms with van der Waals surface area (Å²) < 4.78 is 15.2. The minimum atomic E-state index is -0.232. The van der Waals surface area contributed by atoms with Gasteiger partial charge in [-0.1, -0.05) is 36.4 Å². The Kier molecular flexibility index (Phi) is 6.47. The van der Waals surface area contributed by atoms with Crippen LogP contribution in [-0.4, -0.2) is 38.4 Å². The maximum absolute atomic E-state index is 13.5. The quantitative estimate of drug-likeness (QED) is 0.408. The topological polar surface area (TPSA) is 51.0 Å². The number of halogens is 1. The molecule has 3 heterocycles. The van der Waals surface area contributed by atoms with Gasteiger partial charge in [-0.25, -0.2) is 9.37 Å². The molecule has 1 unspecified atom stereocenters. The zero-order valence-corrected chi connectivity index (χ0v) is 19.0. The lowest BCUT2D eigenvalue weighted by atomic mass is 9.93. The van der Waals surface area contributed by atoms with E-state index in [2.05, 4.69) is 11.1 Å². The van der Waals surface area contributed by atoms with Crippen LogP contribution in [0.15, 0.2) is 85.5 Å². The van der Waals surface area contributed by atoms with Gasteiger partial charge in [0, 0.05) is 61.3 Å². The van der Waals surface area contributed by atoms with E-state index < -0.39 is 0 Å². The standard InChI is InChI=1S/C28H27FN4O/c29-24-12-10-21(11-13-24)17-25-7-3-9-27(31-25)23-6-4-15-33(19-23)28(34)26-8-2-1-5-22(26)18-32-16-14-30-20-32/h1-3,5,7-14,16,20,23H,4,6,15,17-19H2. The maximum atomic E-state index is 13.5. The summed E-state index contributed by atoms with van der Waals surface area (Å²) in [5.74, 6) is 0.0404. The van der Waals surface area contributed by atoms with Crippen molar-refractivity contribution < 1.29 is 9.18 Å². The number of amides is 1. The van der Waals surface area contributed by atoms with Gasteiger partial charge < -0.3 is 9.47 Å². The van der Waals surface area contributed by atoms with Crippen LogP contribution < -0.4 is 0 Å². The van der Waals surface area contributed by atoms with Gasteiger partial charge in [-0.3, -0.25) is 9.78 Å². The molecule has 1 aliphatic rings. The van der Waals surface area contributed by atoms with Gasteiger partial charge in [0.25, 0.3) is 5.91 Å². The van der Waals surface area contributed by atoms with E-state index in [0.717, 1.165) is 47.5 Å². The van der Waals surface area contributed by atoms with Gasteiger partial charge in [0.05, 0.1) is 6.33 Å². The number of pyridine rings is 1. The van der Waals surface area contributed by atoms with Crippen LogP contribution in [0.25, 0.3) is 0 Å². The van der Waals surface area contributed by atoms with Gasteiger partial charge in [-0.05, 0) is 54.3 Å². The van der Waals surface area contributed by atoms with Crippen LogP contribution in [0.4, 0.5) is 4.39 Å². The number of piperidine rings is 1. The third kappa shape index (κ3) is 5.06. The molecule has 2 aromatic heterocycles. The van der Waals surface area contributed by atoms with Gasteiger partial charge >= 0.3 is 0 Å². The lowest BCUT2D eigenvalue weighted by Crippen LogP contribution is -2.39. The van der Waals surface area contributed by atoms with E-state index >= 15 is 0 Å². The average molecular weight is 455 g/mol. The summed E-state index contributed by atoms with van der Waals surface area (Å²) in [5.41, 5.74) is 4.74. The number of likely N-dealkylation sites (tertiary alicyclic amines) is 1. The van der Waals surface area contributed by atoms with E-state index in [0.29, 0.717) is 19.5 Å². The van der Waals surface area contributed by atoms with E-state index in [4.69, 9.17) is 4.98 Å². The Hall–Kier alpha value is -3.80. The second-order valence-corrected chi connectivity index (χ2v) is 8.84. The summed E-state index contributed by atoms with van der Waals surface area (Å²) in [5, 5.41) is 0.